The second-order valence-electron chi connectivity index (χ2n) is 7.45. The Hall–Kier alpha value is -2.81. The summed E-state index contributed by atoms with van der Waals surface area (Å²) in [4.78, 5) is 25.5. The van der Waals surface area contributed by atoms with Crippen molar-refractivity contribution in [1.82, 2.24) is 34.6 Å². The molecule has 3 aromatic rings. The quantitative estimate of drug-likeness (QED) is 0.679. The molecule has 1 aliphatic heterocycles. The third-order valence-electron chi connectivity index (χ3n) is 6.15. The van der Waals surface area contributed by atoms with Gasteiger partial charge in [0.2, 0.25) is 5.89 Å². The topological polar surface area (TPSA) is 104 Å². The van der Waals surface area contributed by atoms with Gasteiger partial charge < -0.3 is 14.4 Å². The Balaban J connectivity index is 1.46. The summed E-state index contributed by atoms with van der Waals surface area (Å²) in [5, 5.41) is 7.59. The summed E-state index contributed by atoms with van der Waals surface area (Å²) in [5.41, 5.74) is 0.756. The fraction of sp³-hybridized carbons (Fsp3) is 0.471. The summed E-state index contributed by atoms with van der Waals surface area (Å²) < 4.78 is 8.54. The minimum atomic E-state index is -0.184. The Kier molecular flexibility index (Phi) is 2.90. The molecular formula is C17H19N7O2. The van der Waals surface area contributed by atoms with Crippen LogP contribution in [0.25, 0.3) is 11.2 Å². The lowest BCUT2D eigenvalue weighted by molar-refractivity contribution is 0.362. The van der Waals surface area contributed by atoms with Crippen LogP contribution in [-0.2, 0) is 13.6 Å². The number of nitrogens with one attached hydrogen (secondary N) is 1. The highest BCUT2D eigenvalue weighted by Gasteiger charge is 2.76. The minimum Gasteiger partial charge on any atom is -0.337 e. The number of hydrogen-bond donors (Lipinski definition) is 1. The summed E-state index contributed by atoms with van der Waals surface area (Å²) in [7, 11) is 1.77. The summed E-state index contributed by atoms with van der Waals surface area (Å²) in [6, 6.07) is 0. The maximum Gasteiger partial charge on any atom is 0.280 e. The first-order chi connectivity index (χ1) is 12.5. The molecule has 0 unspecified atom stereocenters. The van der Waals surface area contributed by atoms with Gasteiger partial charge in [-0.2, -0.15) is 4.98 Å². The molecule has 0 spiro atoms. The highest BCUT2D eigenvalue weighted by molar-refractivity contribution is 5.68. The summed E-state index contributed by atoms with van der Waals surface area (Å²) in [6.07, 6.45) is 5.05. The van der Waals surface area contributed by atoms with Crippen LogP contribution in [0, 0.1) is 10.8 Å². The number of fused-ring (bicyclic) bond motifs is 2. The van der Waals surface area contributed by atoms with Crippen LogP contribution in [0.2, 0.25) is 0 Å². The van der Waals surface area contributed by atoms with Gasteiger partial charge in [0.15, 0.2) is 17.0 Å². The fourth-order valence-corrected chi connectivity index (χ4v) is 4.61. The van der Waals surface area contributed by atoms with Crippen molar-refractivity contribution in [1.29, 1.82) is 0 Å². The summed E-state index contributed by atoms with van der Waals surface area (Å²) >= 11 is 0. The lowest BCUT2D eigenvalue weighted by atomic mass is 9.99. The van der Waals surface area contributed by atoms with Crippen molar-refractivity contribution in [3.8, 4) is 0 Å². The smallest absolute Gasteiger partial charge is 0.280 e. The van der Waals surface area contributed by atoms with Gasteiger partial charge in [-0.15, -0.1) is 6.58 Å². The molecule has 2 aliphatic rings. The van der Waals surface area contributed by atoms with E-state index < -0.39 is 0 Å². The van der Waals surface area contributed by atoms with Crippen molar-refractivity contribution in [2.45, 2.75) is 19.4 Å². The van der Waals surface area contributed by atoms with Crippen molar-refractivity contribution in [2.75, 3.05) is 13.1 Å². The Bertz CT molecular complexity index is 1100. The van der Waals surface area contributed by atoms with Gasteiger partial charge in [-0.25, -0.2) is 9.97 Å². The van der Waals surface area contributed by atoms with Gasteiger partial charge in [-0.05, 0) is 0 Å². The predicted molar refractivity (Wildman–Crippen MR) is 92.5 cm³/mol. The Morgan fingerprint density at radius 2 is 2.23 bits per heavy atom. The van der Waals surface area contributed by atoms with E-state index in [-0.39, 0.29) is 28.9 Å². The molecule has 1 aliphatic carbocycles. The summed E-state index contributed by atoms with van der Waals surface area (Å²) in [6.45, 7) is 8.20. The third kappa shape index (κ3) is 1.75. The van der Waals surface area contributed by atoms with Gasteiger partial charge in [-0.1, -0.05) is 18.2 Å². The van der Waals surface area contributed by atoms with Crippen LogP contribution >= 0.6 is 0 Å². The Morgan fingerprint density at radius 3 is 3.00 bits per heavy atom. The average molecular weight is 353 g/mol. The van der Waals surface area contributed by atoms with Gasteiger partial charge in [0.25, 0.3) is 5.56 Å². The molecule has 0 bridgehead atoms. The predicted octanol–water partition coefficient (Wildman–Crippen LogP) is 0.440. The largest absolute Gasteiger partial charge is 0.337 e. The number of hydrogen-bond acceptors (Lipinski definition) is 7. The van der Waals surface area contributed by atoms with E-state index in [4.69, 9.17) is 4.52 Å². The Labute approximate surface area is 148 Å². The van der Waals surface area contributed by atoms with Crippen molar-refractivity contribution in [3.05, 3.63) is 47.4 Å². The SMILES string of the molecule is C=C[C@@]12CNC[C@]1(C)[C@H]2c1noc(Cn2cnc3ncn(C)c3c2=O)n1. The monoisotopic (exact) mass is 353 g/mol. The van der Waals surface area contributed by atoms with Gasteiger partial charge in [-0.3, -0.25) is 9.36 Å². The molecule has 3 aromatic heterocycles. The molecule has 134 valence electrons. The number of piperidine rings is 1. The molecule has 5 rings (SSSR count). The van der Waals surface area contributed by atoms with E-state index in [0.29, 0.717) is 22.9 Å². The van der Waals surface area contributed by atoms with Gasteiger partial charge in [0.05, 0.1) is 6.33 Å². The average Bonchev–Trinajstić information content (AvgIpc) is 3.11. The van der Waals surface area contributed by atoms with Crippen molar-refractivity contribution >= 4 is 11.2 Å². The zero-order chi connectivity index (χ0) is 18.1. The standard InChI is InChI=1S/C17H19N7O2/c1-4-17-7-18-6-16(17,2)12(17)14-21-10(26-22-14)5-24-9-20-13-11(15(24)25)23(3)8-19-13/h4,8-9,12,18H,1,5-7H2,2-3H3/t12-,16-,17+/m1/s1. The molecule has 0 aromatic carbocycles. The highest BCUT2D eigenvalue weighted by atomic mass is 16.5. The third-order valence-corrected chi connectivity index (χ3v) is 6.15. The zero-order valence-electron chi connectivity index (χ0n) is 14.6. The van der Waals surface area contributed by atoms with E-state index in [1.807, 2.05) is 6.08 Å². The number of nitrogens with zero attached hydrogens (tertiary/aromatic N) is 6. The van der Waals surface area contributed by atoms with Gasteiger partial charge in [0.1, 0.15) is 12.9 Å². The second kappa shape index (κ2) is 4.88. The van der Waals surface area contributed by atoms with Crippen LogP contribution in [0.4, 0.5) is 0 Å². The van der Waals surface area contributed by atoms with E-state index in [1.165, 1.54) is 10.9 Å². The van der Waals surface area contributed by atoms with E-state index in [1.54, 1.807) is 17.9 Å². The molecule has 4 heterocycles. The molecule has 1 N–H and O–H groups in total. The van der Waals surface area contributed by atoms with E-state index >= 15 is 0 Å². The molecule has 0 radical (unpaired) electrons. The molecule has 1 saturated carbocycles. The first-order valence-electron chi connectivity index (χ1n) is 8.53. The molecule has 0 amide bonds. The van der Waals surface area contributed by atoms with E-state index in [9.17, 15) is 4.79 Å². The number of aromatic nitrogens is 6. The molecule has 26 heavy (non-hydrogen) atoms. The maximum absolute atomic E-state index is 12.6. The highest BCUT2D eigenvalue weighted by Crippen LogP contribution is 2.75. The van der Waals surface area contributed by atoms with Crippen molar-refractivity contribution < 1.29 is 4.52 Å². The molecule has 1 saturated heterocycles. The van der Waals surface area contributed by atoms with E-state index in [0.717, 1.165) is 13.1 Å². The van der Waals surface area contributed by atoms with Gasteiger partial charge in [0, 0.05) is 36.9 Å². The fourth-order valence-electron chi connectivity index (χ4n) is 4.61. The van der Waals surface area contributed by atoms with Crippen molar-refractivity contribution in [3.63, 3.8) is 0 Å². The van der Waals surface area contributed by atoms with Gasteiger partial charge >= 0.3 is 0 Å². The maximum atomic E-state index is 12.6. The number of aryl methyl sites for hydroxylation is 1. The summed E-state index contributed by atoms with van der Waals surface area (Å²) in [5.74, 6) is 1.28. The van der Waals surface area contributed by atoms with Crippen LogP contribution < -0.4 is 10.9 Å². The van der Waals surface area contributed by atoms with Crippen LogP contribution in [0.5, 0.6) is 0 Å². The van der Waals surface area contributed by atoms with E-state index in [2.05, 4.69) is 38.9 Å². The lowest BCUT2D eigenvalue weighted by Crippen LogP contribution is -2.22. The van der Waals surface area contributed by atoms with Crippen LogP contribution in [0.1, 0.15) is 24.6 Å². The molecular weight excluding hydrogens is 334 g/mol. The Morgan fingerprint density at radius 1 is 1.42 bits per heavy atom. The van der Waals surface area contributed by atoms with Crippen LogP contribution in [0.15, 0.2) is 34.6 Å². The van der Waals surface area contributed by atoms with Crippen LogP contribution in [-0.4, -0.2) is 42.3 Å². The molecule has 9 heteroatoms. The first kappa shape index (κ1) is 15.4. The molecule has 9 nitrogen and oxygen atoms in total. The second-order valence-corrected chi connectivity index (χ2v) is 7.45. The number of rotatable bonds is 4. The van der Waals surface area contributed by atoms with Crippen molar-refractivity contribution in [2.24, 2.45) is 17.9 Å². The number of imidazole rings is 1. The zero-order valence-corrected chi connectivity index (χ0v) is 14.6. The molecule has 2 fully saturated rings. The van der Waals surface area contributed by atoms with Crippen LogP contribution in [0.3, 0.4) is 0 Å². The minimum absolute atomic E-state index is 0.0137. The molecule has 3 atom stereocenters. The lowest BCUT2D eigenvalue weighted by Gasteiger charge is -2.06. The first-order valence-corrected chi connectivity index (χ1v) is 8.53. The normalized spacial score (nSPS) is 29.8.